The van der Waals surface area contributed by atoms with Crippen LogP contribution in [0.1, 0.15) is 55.3 Å². The molecule has 38 heavy (non-hydrogen) atoms. The maximum Gasteiger partial charge on any atom is 0.262 e. The van der Waals surface area contributed by atoms with Crippen LogP contribution in [0.3, 0.4) is 0 Å². The molecule has 0 radical (unpaired) electrons. The van der Waals surface area contributed by atoms with Crippen LogP contribution in [-0.4, -0.2) is 32.8 Å². The number of sulfonamides is 1. The summed E-state index contributed by atoms with van der Waals surface area (Å²) in [4.78, 5) is 24.9. The number of carbonyl (C=O) groups excluding carboxylic acids is 2. The Morgan fingerprint density at radius 1 is 0.789 bits per heavy atom. The number of hydrogen-bond donors (Lipinski definition) is 3. The fourth-order valence-electron chi connectivity index (χ4n) is 4.39. The smallest absolute Gasteiger partial charge is 0.262 e. The van der Waals surface area contributed by atoms with Crippen LogP contribution in [0.5, 0.6) is 11.5 Å². The molecule has 4 rings (SSSR count). The highest BCUT2D eigenvalue weighted by atomic mass is 32.2. The number of hydrogen-bond acceptors (Lipinski definition) is 5. The van der Waals surface area contributed by atoms with Gasteiger partial charge in [-0.05, 0) is 61.4 Å². The van der Waals surface area contributed by atoms with E-state index in [9.17, 15) is 18.0 Å². The van der Waals surface area contributed by atoms with E-state index in [0.717, 1.165) is 25.7 Å². The first-order chi connectivity index (χ1) is 18.4. The van der Waals surface area contributed by atoms with Gasteiger partial charge >= 0.3 is 0 Å². The highest BCUT2D eigenvalue weighted by molar-refractivity contribution is 7.92. The molecule has 0 spiro atoms. The Morgan fingerprint density at radius 3 is 2.13 bits per heavy atom. The Labute approximate surface area is 223 Å². The Balaban J connectivity index is 1.33. The standard InChI is InChI=1S/C29H33N3O5S/c33-28(31-23-11-5-2-1-3-6-12-23)21-30-29(34)22-17-19-25(20-18-22)38(35,36)32-26-15-9-10-16-27(26)37-24-13-7-4-8-14-24/h4,7-10,13-20,23,32H,1-3,5-6,11-12,21H2,(H,30,34)(H,31,33). The van der Waals surface area contributed by atoms with E-state index in [0.29, 0.717) is 11.5 Å². The van der Waals surface area contributed by atoms with E-state index >= 15 is 0 Å². The molecular formula is C29H33N3O5S. The van der Waals surface area contributed by atoms with Crippen molar-refractivity contribution in [3.8, 4) is 11.5 Å². The van der Waals surface area contributed by atoms with E-state index in [4.69, 9.17) is 4.74 Å². The zero-order chi connectivity index (χ0) is 26.8. The first-order valence-corrected chi connectivity index (χ1v) is 14.4. The summed E-state index contributed by atoms with van der Waals surface area (Å²) >= 11 is 0. The normalized spacial score (nSPS) is 14.5. The van der Waals surface area contributed by atoms with Crippen molar-refractivity contribution < 1.29 is 22.7 Å². The van der Waals surface area contributed by atoms with Crippen LogP contribution in [-0.2, 0) is 14.8 Å². The number of para-hydroxylation sites is 3. The third-order valence-electron chi connectivity index (χ3n) is 6.41. The quantitative estimate of drug-likeness (QED) is 0.347. The van der Waals surface area contributed by atoms with E-state index in [1.54, 1.807) is 36.4 Å². The molecule has 0 aliphatic heterocycles. The van der Waals surface area contributed by atoms with Crippen molar-refractivity contribution in [3.63, 3.8) is 0 Å². The van der Waals surface area contributed by atoms with Crippen LogP contribution >= 0.6 is 0 Å². The molecule has 3 N–H and O–H groups in total. The average molecular weight is 536 g/mol. The minimum Gasteiger partial charge on any atom is -0.455 e. The molecule has 1 saturated carbocycles. The molecule has 200 valence electrons. The molecule has 9 heteroatoms. The number of carbonyl (C=O) groups is 2. The molecule has 1 aliphatic carbocycles. The van der Waals surface area contributed by atoms with E-state index < -0.39 is 15.9 Å². The highest BCUT2D eigenvalue weighted by Gasteiger charge is 2.19. The summed E-state index contributed by atoms with van der Waals surface area (Å²) < 4.78 is 34.4. The van der Waals surface area contributed by atoms with Crippen molar-refractivity contribution in [2.45, 2.75) is 55.9 Å². The number of ether oxygens (including phenoxy) is 1. The lowest BCUT2D eigenvalue weighted by molar-refractivity contribution is -0.120. The van der Waals surface area contributed by atoms with E-state index in [1.165, 1.54) is 43.5 Å². The summed E-state index contributed by atoms with van der Waals surface area (Å²) in [6, 6.07) is 21.5. The van der Waals surface area contributed by atoms with Crippen LogP contribution in [0, 0.1) is 0 Å². The predicted octanol–water partition coefficient (Wildman–Crippen LogP) is 5.24. The first-order valence-electron chi connectivity index (χ1n) is 12.9. The van der Waals surface area contributed by atoms with Crippen LogP contribution in [0.4, 0.5) is 5.69 Å². The van der Waals surface area contributed by atoms with Gasteiger partial charge in [-0.25, -0.2) is 8.42 Å². The van der Waals surface area contributed by atoms with Gasteiger partial charge in [0.25, 0.3) is 15.9 Å². The van der Waals surface area contributed by atoms with Crippen molar-refractivity contribution >= 4 is 27.5 Å². The molecule has 1 aliphatic rings. The maximum atomic E-state index is 13.0. The monoisotopic (exact) mass is 535 g/mol. The molecule has 0 saturated heterocycles. The van der Waals surface area contributed by atoms with Crippen molar-refractivity contribution in [3.05, 3.63) is 84.4 Å². The van der Waals surface area contributed by atoms with Crippen LogP contribution < -0.4 is 20.1 Å². The summed E-state index contributed by atoms with van der Waals surface area (Å²) in [5.74, 6) is 0.267. The zero-order valence-electron chi connectivity index (χ0n) is 21.2. The third-order valence-corrected chi connectivity index (χ3v) is 7.79. The Bertz CT molecular complexity index is 1320. The van der Waals surface area contributed by atoms with E-state index in [-0.39, 0.29) is 34.6 Å². The minimum absolute atomic E-state index is 0.00871. The largest absolute Gasteiger partial charge is 0.455 e. The Kier molecular flexibility index (Phi) is 9.37. The van der Waals surface area contributed by atoms with E-state index in [1.807, 2.05) is 18.2 Å². The molecule has 0 unspecified atom stereocenters. The van der Waals surface area contributed by atoms with Crippen molar-refractivity contribution in [1.29, 1.82) is 0 Å². The van der Waals surface area contributed by atoms with Crippen LogP contribution in [0.2, 0.25) is 0 Å². The lowest BCUT2D eigenvalue weighted by atomic mass is 9.97. The number of anilines is 1. The van der Waals surface area contributed by atoms with Gasteiger partial charge in [0.2, 0.25) is 5.91 Å². The molecular weight excluding hydrogens is 502 g/mol. The average Bonchev–Trinajstić information content (AvgIpc) is 2.90. The minimum atomic E-state index is -3.94. The molecule has 2 amide bonds. The van der Waals surface area contributed by atoms with Gasteiger partial charge < -0.3 is 15.4 Å². The van der Waals surface area contributed by atoms with Gasteiger partial charge in [-0.1, -0.05) is 62.4 Å². The van der Waals surface area contributed by atoms with Gasteiger partial charge in [-0.2, -0.15) is 0 Å². The molecule has 0 aromatic heterocycles. The van der Waals surface area contributed by atoms with Gasteiger partial charge in [0.05, 0.1) is 17.1 Å². The second-order valence-corrected chi connectivity index (χ2v) is 11.0. The molecule has 0 heterocycles. The second-order valence-electron chi connectivity index (χ2n) is 9.33. The van der Waals surface area contributed by atoms with E-state index in [2.05, 4.69) is 15.4 Å². The lowest BCUT2D eigenvalue weighted by Gasteiger charge is -2.21. The van der Waals surface area contributed by atoms with Gasteiger partial charge in [0.1, 0.15) is 5.75 Å². The van der Waals surface area contributed by atoms with Gasteiger partial charge in [-0.3, -0.25) is 14.3 Å². The summed E-state index contributed by atoms with van der Waals surface area (Å²) in [5, 5.41) is 5.63. The van der Waals surface area contributed by atoms with Gasteiger partial charge in [-0.15, -0.1) is 0 Å². The summed E-state index contributed by atoms with van der Waals surface area (Å²) in [7, 11) is -3.94. The fourth-order valence-corrected chi connectivity index (χ4v) is 5.46. The number of nitrogens with one attached hydrogen (secondary N) is 3. The zero-order valence-corrected chi connectivity index (χ0v) is 22.0. The molecule has 3 aromatic rings. The molecule has 1 fully saturated rings. The molecule has 8 nitrogen and oxygen atoms in total. The first kappa shape index (κ1) is 27.2. The lowest BCUT2D eigenvalue weighted by Crippen LogP contribution is -2.42. The SMILES string of the molecule is O=C(CNC(=O)c1ccc(S(=O)(=O)Nc2ccccc2Oc2ccccc2)cc1)NC1CCCCCCC1. The van der Waals surface area contributed by atoms with Crippen molar-refractivity contribution in [2.75, 3.05) is 11.3 Å². The van der Waals surface area contributed by atoms with Crippen LogP contribution in [0.25, 0.3) is 0 Å². The van der Waals surface area contributed by atoms with Crippen molar-refractivity contribution in [1.82, 2.24) is 10.6 Å². The Hall–Kier alpha value is -3.85. The maximum absolute atomic E-state index is 13.0. The summed E-state index contributed by atoms with van der Waals surface area (Å²) in [6.07, 6.45) is 7.78. The topological polar surface area (TPSA) is 114 Å². The number of benzene rings is 3. The summed E-state index contributed by atoms with van der Waals surface area (Å²) in [6.45, 7) is -0.130. The Morgan fingerprint density at radius 2 is 1.42 bits per heavy atom. The fraction of sp³-hybridized carbons (Fsp3) is 0.310. The molecule has 3 aromatic carbocycles. The van der Waals surface area contributed by atoms with Crippen LogP contribution in [0.15, 0.2) is 83.8 Å². The predicted molar refractivity (Wildman–Crippen MR) is 147 cm³/mol. The number of rotatable bonds is 9. The highest BCUT2D eigenvalue weighted by Crippen LogP contribution is 2.31. The van der Waals surface area contributed by atoms with Gasteiger partial charge in [0, 0.05) is 11.6 Å². The second kappa shape index (κ2) is 13.1. The van der Waals surface area contributed by atoms with Gasteiger partial charge in [0.15, 0.2) is 5.75 Å². The van der Waals surface area contributed by atoms with Crippen molar-refractivity contribution in [2.24, 2.45) is 0 Å². The summed E-state index contributed by atoms with van der Waals surface area (Å²) in [5.41, 5.74) is 0.545. The molecule has 0 atom stereocenters. The molecule has 0 bridgehead atoms. The third kappa shape index (κ3) is 7.82. The number of amides is 2.